The van der Waals surface area contributed by atoms with Crippen molar-refractivity contribution in [1.29, 1.82) is 0 Å². The van der Waals surface area contributed by atoms with Gasteiger partial charge in [0.25, 0.3) is 10.2 Å². The van der Waals surface area contributed by atoms with Gasteiger partial charge in [0.05, 0.1) is 0 Å². The molecule has 0 heterocycles. The van der Waals surface area contributed by atoms with E-state index in [1.165, 1.54) is 30.0 Å². The van der Waals surface area contributed by atoms with Crippen LogP contribution in [0.2, 0.25) is 0 Å². The number of hydrogen-bond acceptors (Lipinski definition) is 3. The van der Waals surface area contributed by atoms with Crippen molar-refractivity contribution in [3.8, 4) is 0 Å². The molecule has 0 radical (unpaired) electrons. The van der Waals surface area contributed by atoms with E-state index < -0.39 is 10.2 Å². The Bertz CT molecular complexity index is 403. The molecule has 2 aliphatic rings. The van der Waals surface area contributed by atoms with Gasteiger partial charge in [0.15, 0.2) is 0 Å². The van der Waals surface area contributed by atoms with Gasteiger partial charge >= 0.3 is 0 Å². The SMILES string of the molecule is CCCNCCCN(C)S(=O)(=O)NCC1(C2CC2)CC1. The van der Waals surface area contributed by atoms with Gasteiger partial charge in [-0.3, -0.25) is 0 Å². The van der Waals surface area contributed by atoms with Crippen molar-refractivity contribution in [1.82, 2.24) is 14.3 Å². The highest BCUT2D eigenvalue weighted by Gasteiger charge is 2.53. The third-order valence-corrected chi connectivity index (χ3v) is 6.12. The Balaban J connectivity index is 1.66. The topological polar surface area (TPSA) is 61.4 Å². The van der Waals surface area contributed by atoms with Gasteiger partial charge in [-0.15, -0.1) is 0 Å². The number of hydrogen-bond donors (Lipinski definition) is 2. The average molecular weight is 303 g/mol. The van der Waals surface area contributed by atoms with Gasteiger partial charge in [-0.05, 0) is 62.9 Å². The first-order valence-electron chi connectivity index (χ1n) is 7.92. The van der Waals surface area contributed by atoms with E-state index >= 15 is 0 Å². The van der Waals surface area contributed by atoms with E-state index in [4.69, 9.17) is 0 Å². The maximum Gasteiger partial charge on any atom is 0.279 e. The normalized spacial score (nSPS) is 21.4. The molecule has 0 aromatic heterocycles. The summed E-state index contributed by atoms with van der Waals surface area (Å²) >= 11 is 0. The molecule has 2 aliphatic carbocycles. The quantitative estimate of drug-likeness (QED) is 0.566. The molecule has 0 atom stereocenters. The van der Waals surface area contributed by atoms with E-state index in [1.54, 1.807) is 7.05 Å². The Labute approximate surface area is 123 Å². The summed E-state index contributed by atoms with van der Waals surface area (Å²) < 4.78 is 28.6. The summed E-state index contributed by atoms with van der Waals surface area (Å²) in [4.78, 5) is 0. The molecule has 0 amide bonds. The molecule has 2 saturated carbocycles. The second kappa shape index (κ2) is 6.73. The molecule has 0 unspecified atom stereocenters. The maximum atomic E-state index is 12.2. The van der Waals surface area contributed by atoms with E-state index in [1.807, 2.05) is 0 Å². The molecule has 0 aromatic rings. The van der Waals surface area contributed by atoms with Crippen molar-refractivity contribution in [3.63, 3.8) is 0 Å². The predicted octanol–water partition coefficient (Wildman–Crippen LogP) is 1.33. The van der Waals surface area contributed by atoms with Gasteiger partial charge in [-0.25, -0.2) is 4.72 Å². The number of nitrogens with one attached hydrogen (secondary N) is 2. The molecule has 5 nitrogen and oxygen atoms in total. The third-order valence-electron chi connectivity index (χ3n) is 4.61. The monoisotopic (exact) mass is 303 g/mol. The third kappa shape index (κ3) is 4.41. The van der Waals surface area contributed by atoms with Crippen molar-refractivity contribution >= 4 is 10.2 Å². The summed E-state index contributed by atoms with van der Waals surface area (Å²) in [6.07, 6.45) is 6.95. The maximum absolute atomic E-state index is 12.2. The summed E-state index contributed by atoms with van der Waals surface area (Å²) in [5, 5.41) is 3.29. The van der Waals surface area contributed by atoms with Crippen LogP contribution in [0.4, 0.5) is 0 Å². The van der Waals surface area contributed by atoms with Gasteiger partial charge in [0, 0.05) is 20.1 Å². The molecule has 0 spiro atoms. The molecule has 0 aromatic carbocycles. The first-order chi connectivity index (χ1) is 9.50. The van der Waals surface area contributed by atoms with Crippen LogP contribution in [-0.4, -0.2) is 45.9 Å². The lowest BCUT2D eigenvalue weighted by atomic mass is 10.0. The molecule has 2 N–H and O–H groups in total. The number of nitrogens with zero attached hydrogens (tertiary/aromatic N) is 1. The Kier molecular flexibility index (Phi) is 5.45. The van der Waals surface area contributed by atoms with Crippen LogP contribution in [0, 0.1) is 11.3 Å². The van der Waals surface area contributed by atoms with E-state index in [0.29, 0.717) is 18.5 Å². The van der Waals surface area contributed by atoms with Crippen LogP contribution in [-0.2, 0) is 10.2 Å². The van der Waals surface area contributed by atoms with Crippen LogP contribution in [0.5, 0.6) is 0 Å². The highest BCUT2D eigenvalue weighted by molar-refractivity contribution is 7.87. The summed E-state index contributed by atoms with van der Waals surface area (Å²) in [6, 6.07) is 0. The van der Waals surface area contributed by atoms with Crippen LogP contribution in [0.1, 0.15) is 45.4 Å². The lowest BCUT2D eigenvalue weighted by Gasteiger charge is -2.21. The molecule has 6 heteroatoms. The summed E-state index contributed by atoms with van der Waals surface area (Å²) in [6.45, 7) is 5.21. The van der Waals surface area contributed by atoms with E-state index in [0.717, 1.165) is 31.8 Å². The molecule has 118 valence electrons. The van der Waals surface area contributed by atoms with Crippen LogP contribution in [0.15, 0.2) is 0 Å². The van der Waals surface area contributed by atoms with Crippen LogP contribution >= 0.6 is 0 Å². The molecule has 0 aliphatic heterocycles. The minimum atomic E-state index is -3.30. The Morgan fingerprint density at radius 2 is 1.95 bits per heavy atom. The average Bonchev–Trinajstić information content (AvgIpc) is 3.28. The smallest absolute Gasteiger partial charge is 0.279 e. The molecule has 2 rings (SSSR count). The van der Waals surface area contributed by atoms with Gasteiger partial charge in [0.2, 0.25) is 0 Å². The Morgan fingerprint density at radius 1 is 1.25 bits per heavy atom. The zero-order valence-corrected chi connectivity index (χ0v) is 13.6. The highest BCUT2D eigenvalue weighted by Crippen LogP contribution is 2.60. The predicted molar refractivity (Wildman–Crippen MR) is 81.7 cm³/mol. The summed E-state index contributed by atoms with van der Waals surface area (Å²) in [5.74, 6) is 0.786. The second-order valence-corrected chi connectivity index (χ2v) is 8.25. The van der Waals surface area contributed by atoms with Crippen LogP contribution < -0.4 is 10.0 Å². The lowest BCUT2D eigenvalue weighted by Crippen LogP contribution is -2.42. The van der Waals surface area contributed by atoms with Crippen molar-refractivity contribution in [3.05, 3.63) is 0 Å². The molecule has 0 bridgehead atoms. The van der Waals surface area contributed by atoms with Gasteiger partial charge < -0.3 is 5.32 Å². The fourth-order valence-corrected chi connectivity index (χ4v) is 3.84. The highest BCUT2D eigenvalue weighted by atomic mass is 32.2. The number of rotatable bonds is 11. The minimum absolute atomic E-state index is 0.316. The first-order valence-corrected chi connectivity index (χ1v) is 9.36. The van der Waals surface area contributed by atoms with Gasteiger partial charge in [-0.2, -0.15) is 12.7 Å². The van der Waals surface area contributed by atoms with Crippen LogP contribution in [0.3, 0.4) is 0 Å². The minimum Gasteiger partial charge on any atom is -0.317 e. The van der Waals surface area contributed by atoms with Gasteiger partial charge in [0.1, 0.15) is 0 Å². The molecular formula is C14H29N3O2S. The zero-order valence-electron chi connectivity index (χ0n) is 12.8. The summed E-state index contributed by atoms with van der Waals surface area (Å²) in [7, 11) is -1.63. The van der Waals surface area contributed by atoms with Crippen molar-refractivity contribution in [2.75, 3.05) is 33.2 Å². The summed E-state index contributed by atoms with van der Waals surface area (Å²) in [5.41, 5.74) is 0.316. The van der Waals surface area contributed by atoms with Crippen LogP contribution in [0.25, 0.3) is 0 Å². The standard InChI is InChI=1S/C14H29N3O2S/c1-3-9-15-10-4-11-17(2)20(18,19)16-12-14(7-8-14)13-5-6-13/h13,15-16H,3-12H2,1-2H3. The molecule has 0 saturated heterocycles. The fraction of sp³-hybridized carbons (Fsp3) is 1.00. The van der Waals surface area contributed by atoms with Crippen molar-refractivity contribution in [2.45, 2.75) is 45.4 Å². The molecule has 2 fully saturated rings. The Hall–Kier alpha value is -0.170. The van der Waals surface area contributed by atoms with E-state index in [2.05, 4.69) is 17.0 Å². The lowest BCUT2D eigenvalue weighted by molar-refractivity contribution is 0.407. The fourth-order valence-electron chi connectivity index (χ4n) is 2.78. The van der Waals surface area contributed by atoms with Crippen molar-refractivity contribution < 1.29 is 8.42 Å². The Morgan fingerprint density at radius 3 is 2.50 bits per heavy atom. The first kappa shape index (κ1) is 16.2. The van der Waals surface area contributed by atoms with E-state index in [-0.39, 0.29) is 0 Å². The molecular weight excluding hydrogens is 274 g/mol. The largest absolute Gasteiger partial charge is 0.317 e. The molecule has 20 heavy (non-hydrogen) atoms. The second-order valence-electron chi connectivity index (χ2n) is 6.39. The van der Waals surface area contributed by atoms with Crippen molar-refractivity contribution in [2.24, 2.45) is 11.3 Å². The van der Waals surface area contributed by atoms with Gasteiger partial charge in [-0.1, -0.05) is 6.92 Å². The van der Waals surface area contributed by atoms with E-state index in [9.17, 15) is 8.42 Å². The zero-order chi connectivity index (χ0) is 14.6.